The largest absolute Gasteiger partial charge is 0.461 e. The molecule has 0 saturated carbocycles. The van der Waals surface area contributed by atoms with E-state index in [-0.39, 0.29) is 37.2 Å². The van der Waals surface area contributed by atoms with Crippen LogP contribution in [-0.2, 0) is 19.1 Å². The van der Waals surface area contributed by atoms with Crippen LogP contribution in [-0.4, -0.2) is 47.1 Å². The Morgan fingerprint density at radius 1 is 0.824 bits per heavy atom. The molecule has 0 amide bonds. The highest BCUT2D eigenvalue weighted by Crippen LogP contribution is 2.20. The zero-order chi connectivity index (χ0) is 25.7. The molecule has 6 nitrogen and oxygen atoms in total. The van der Waals surface area contributed by atoms with Crippen molar-refractivity contribution in [1.29, 1.82) is 0 Å². The predicted molar refractivity (Wildman–Crippen MR) is 138 cm³/mol. The van der Waals surface area contributed by atoms with Gasteiger partial charge in [-0.05, 0) is 32.1 Å². The Balaban J connectivity index is 4.07. The SMILES string of the molecule is CCCCCCC(C)C(=O)OCC(CC)(CO)OC(=O)CCCCCCCCCCC(O)CC. The second-order valence-electron chi connectivity index (χ2n) is 9.96. The second-order valence-corrected chi connectivity index (χ2v) is 9.96. The lowest BCUT2D eigenvalue weighted by atomic mass is 10.0. The second kappa shape index (κ2) is 21.2. The van der Waals surface area contributed by atoms with E-state index in [4.69, 9.17) is 9.47 Å². The molecule has 3 atom stereocenters. The van der Waals surface area contributed by atoms with Gasteiger partial charge >= 0.3 is 11.9 Å². The number of hydrogen-bond acceptors (Lipinski definition) is 6. The number of aliphatic hydroxyl groups excluding tert-OH is 2. The molecule has 34 heavy (non-hydrogen) atoms. The lowest BCUT2D eigenvalue weighted by Crippen LogP contribution is -2.44. The van der Waals surface area contributed by atoms with Crippen molar-refractivity contribution in [3.63, 3.8) is 0 Å². The maximum atomic E-state index is 12.4. The Hall–Kier alpha value is -1.14. The molecule has 2 N–H and O–H groups in total. The minimum absolute atomic E-state index is 0.0981. The fourth-order valence-corrected chi connectivity index (χ4v) is 3.94. The molecule has 3 unspecified atom stereocenters. The standard InChI is InChI=1S/C28H54O6/c1-5-8-9-16-19-24(4)27(32)33-23-28(7-3,22-29)34-26(31)21-18-15-13-11-10-12-14-17-20-25(30)6-2/h24-25,29-30H,5-23H2,1-4H3. The van der Waals surface area contributed by atoms with Crippen LogP contribution in [0.3, 0.4) is 0 Å². The van der Waals surface area contributed by atoms with Crippen molar-refractivity contribution >= 4 is 11.9 Å². The number of aliphatic hydroxyl groups is 2. The molecule has 0 aromatic heterocycles. The quantitative estimate of drug-likeness (QED) is 0.127. The van der Waals surface area contributed by atoms with E-state index >= 15 is 0 Å². The van der Waals surface area contributed by atoms with Crippen LogP contribution in [0.15, 0.2) is 0 Å². The summed E-state index contributed by atoms with van der Waals surface area (Å²) in [6.07, 6.45) is 16.2. The van der Waals surface area contributed by atoms with Gasteiger partial charge < -0.3 is 19.7 Å². The summed E-state index contributed by atoms with van der Waals surface area (Å²) in [4.78, 5) is 24.7. The smallest absolute Gasteiger partial charge is 0.308 e. The molecule has 0 fully saturated rings. The van der Waals surface area contributed by atoms with Crippen LogP contribution < -0.4 is 0 Å². The molecule has 0 aliphatic rings. The zero-order valence-corrected chi connectivity index (χ0v) is 22.6. The summed E-state index contributed by atoms with van der Waals surface area (Å²) in [5.41, 5.74) is -1.15. The molecule has 0 saturated heterocycles. The first-order valence-corrected chi connectivity index (χ1v) is 14.0. The lowest BCUT2D eigenvalue weighted by molar-refractivity contribution is -0.180. The summed E-state index contributed by atoms with van der Waals surface area (Å²) in [7, 11) is 0. The Kier molecular flexibility index (Phi) is 20.5. The molecular weight excluding hydrogens is 432 g/mol. The van der Waals surface area contributed by atoms with Crippen LogP contribution in [0.5, 0.6) is 0 Å². The van der Waals surface area contributed by atoms with Crippen molar-refractivity contribution in [2.45, 2.75) is 149 Å². The summed E-state index contributed by atoms with van der Waals surface area (Å²) in [5.74, 6) is -0.821. The maximum Gasteiger partial charge on any atom is 0.308 e. The van der Waals surface area contributed by atoms with E-state index in [1.54, 1.807) is 0 Å². The van der Waals surface area contributed by atoms with E-state index in [0.29, 0.717) is 12.8 Å². The van der Waals surface area contributed by atoms with E-state index < -0.39 is 5.60 Å². The number of unbranched alkanes of at least 4 members (excludes halogenated alkanes) is 10. The average Bonchev–Trinajstić information content (AvgIpc) is 2.84. The molecule has 0 spiro atoms. The van der Waals surface area contributed by atoms with Crippen molar-refractivity contribution in [2.24, 2.45) is 5.92 Å². The molecule has 0 radical (unpaired) electrons. The summed E-state index contributed by atoms with van der Waals surface area (Å²) >= 11 is 0. The van der Waals surface area contributed by atoms with E-state index in [1.807, 2.05) is 20.8 Å². The monoisotopic (exact) mass is 486 g/mol. The summed E-state index contributed by atoms with van der Waals surface area (Å²) in [5, 5.41) is 19.4. The van der Waals surface area contributed by atoms with Crippen LogP contribution in [0, 0.1) is 5.92 Å². The average molecular weight is 487 g/mol. The third-order valence-corrected chi connectivity index (χ3v) is 6.77. The Morgan fingerprint density at radius 2 is 1.38 bits per heavy atom. The topological polar surface area (TPSA) is 93.1 Å². The van der Waals surface area contributed by atoms with Gasteiger partial charge in [0.2, 0.25) is 0 Å². The summed E-state index contributed by atoms with van der Waals surface area (Å²) in [6, 6.07) is 0. The van der Waals surface area contributed by atoms with Gasteiger partial charge in [-0.3, -0.25) is 9.59 Å². The van der Waals surface area contributed by atoms with E-state index in [9.17, 15) is 19.8 Å². The fraction of sp³-hybridized carbons (Fsp3) is 0.929. The van der Waals surface area contributed by atoms with Gasteiger partial charge in [-0.25, -0.2) is 0 Å². The van der Waals surface area contributed by atoms with Gasteiger partial charge in [0.05, 0.1) is 18.6 Å². The molecule has 0 heterocycles. The molecular formula is C28H54O6. The Bertz CT molecular complexity index is 503. The fourth-order valence-electron chi connectivity index (χ4n) is 3.94. The Labute approximate surface area is 209 Å². The number of esters is 2. The number of ether oxygens (including phenoxy) is 2. The summed E-state index contributed by atoms with van der Waals surface area (Å²) < 4.78 is 11.0. The van der Waals surface area contributed by atoms with Crippen LogP contribution in [0.2, 0.25) is 0 Å². The highest BCUT2D eigenvalue weighted by molar-refractivity contribution is 5.72. The van der Waals surface area contributed by atoms with Crippen molar-refractivity contribution in [3.05, 3.63) is 0 Å². The van der Waals surface area contributed by atoms with E-state index in [1.165, 1.54) is 25.7 Å². The molecule has 0 aromatic rings. The number of carbonyl (C=O) groups excluding carboxylic acids is 2. The Morgan fingerprint density at radius 3 is 1.94 bits per heavy atom. The first-order chi connectivity index (χ1) is 16.3. The van der Waals surface area contributed by atoms with E-state index in [2.05, 4.69) is 6.92 Å². The van der Waals surface area contributed by atoms with Crippen LogP contribution in [0.4, 0.5) is 0 Å². The lowest BCUT2D eigenvalue weighted by Gasteiger charge is -2.30. The highest BCUT2D eigenvalue weighted by Gasteiger charge is 2.34. The van der Waals surface area contributed by atoms with E-state index in [0.717, 1.165) is 70.6 Å². The number of carbonyl (C=O) groups is 2. The van der Waals surface area contributed by atoms with Gasteiger partial charge in [0.25, 0.3) is 0 Å². The summed E-state index contributed by atoms with van der Waals surface area (Å²) in [6.45, 7) is 7.41. The maximum absolute atomic E-state index is 12.4. The minimum atomic E-state index is -1.15. The molecule has 0 rings (SSSR count). The van der Waals surface area contributed by atoms with Gasteiger partial charge in [0, 0.05) is 6.42 Å². The van der Waals surface area contributed by atoms with Crippen LogP contribution >= 0.6 is 0 Å². The molecule has 0 aliphatic carbocycles. The number of rotatable bonds is 23. The van der Waals surface area contributed by atoms with Gasteiger partial charge in [-0.2, -0.15) is 0 Å². The normalized spacial score (nSPS) is 14.9. The van der Waals surface area contributed by atoms with Crippen LogP contribution in [0.25, 0.3) is 0 Å². The van der Waals surface area contributed by atoms with Crippen molar-refractivity contribution < 1.29 is 29.3 Å². The third-order valence-electron chi connectivity index (χ3n) is 6.77. The van der Waals surface area contributed by atoms with Gasteiger partial charge in [-0.15, -0.1) is 0 Å². The zero-order valence-electron chi connectivity index (χ0n) is 22.6. The first kappa shape index (κ1) is 32.9. The van der Waals surface area contributed by atoms with Crippen molar-refractivity contribution in [3.8, 4) is 0 Å². The van der Waals surface area contributed by atoms with Crippen molar-refractivity contribution in [1.82, 2.24) is 0 Å². The predicted octanol–water partition coefficient (Wildman–Crippen LogP) is 6.49. The molecule has 0 aromatic carbocycles. The first-order valence-electron chi connectivity index (χ1n) is 14.0. The molecule has 0 bridgehead atoms. The van der Waals surface area contributed by atoms with Gasteiger partial charge in [-0.1, -0.05) is 98.3 Å². The van der Waals surface area contributed by atoms with Gasteiger partial charge in [0.15, 0.2) is 5.60 Å². The van der Waals surface area contributed by atoms with Crippen molar-refractivity contribution in [2.75, 3.05) is 13.2 Å². The minimum Gasteiger partial charge on any atom is -0.461 e. The number of hydrogen-bond donors (Lipinski definition) is 2. The van der Waals surface area contributed by atoms with Gasteiger partial charge in [0.1, 0.15) is 6.61 Å². The third kappa shape index (κ3) is 16.5. The molecule has 202 valence electrons. The van der Waals surface area contributed by atoms with Crippen LogP contribution in [0.1, 0.15) is 137 Å². The molecule has 0 aliphatic heterocycles. The molecule has 6 heteroatoms. The highest BCUT2D eigenvalue weighted by atomic mass is 16.6.